The van der Waals surface area contributed by atoms with Gasteiger partial charge in [0.1, 0.15) is 11.2 Å². The highest BCUT2D eigenvalue weighted by Gasteiger charge is 2.64. The van der Waals surface area contributed by atoms with Gasteiger partial charge in [-0.1, -0.05) is 45.3 Å². The summed E-state index contributed by atoms with van der Waals surface area (Å²) in [5.74, 6) is -0.0442. The first-order valence-electron chi connectivity index (χ1n) is 19.1. The quantitative estimate of drug-likeness (QED) is 0.168. The highest BCUT2D eigenvalue weighted by Crippen LogP contribution is 2.52. The van der Waals surface area contributed by atoms with Crippen LogP contribution in [0, 0.1) is 23.7 Å². The topological polar surface area (TPSA) is 136 Å². The third kappa shape index (κ3) is 8.08. The molecule has 272 valence electrons. The van der Waals surface area contributed by atoms with Gasteiger partial charge in [0.05, 0.1) is 24.4 Å². The minimum absolute atomic E-state index is 0.0375. The Morgan fingerprint density at radius 3 is 1.45 bits per heavy atom. The van der Waals surface area contributed by atoms with Crippen molar-refractivity contribution in [2.75, 3.05) is 26.3 Å². The maximum atomic E-state index is 13.4. The normalized spacial score (nSPS) is 38.9. The first-order chi connectivity index (χ1) is 23.5. The average molecular weight is 683 g/mol. The number of unbranched alkanes of at least 4 members (excludes halogenated alkanes) is 6. The Labute approximate surface area is 291 Å². The molecule has 4 aliphatic heterocycles. The number of nitrogens with one attached hydrogen (secondary N) is 2. The smallest absolute Gasteiger partial charge is 0.223 e. The van der Waals surface area contributed by atoms with Crippen LogP contribution in [0.3, 0.4) is 0 Å². The van der Waals surface area contributed by atoms with Crippen molar-refractivity contribution in [1.82, 2.24) is 10.6 Å². The monoisotopic (exact) mass is 682 g/mol. The Balaban J connectivity index is 0.854. The van der Waals surface area contributed by atoms with E-state index in [1.54, 1.807) is 0 Å². The molecular weight excluding hydrogens is 624 g/mol. The van der Waals surface area contributed by atoms with Gasteiger partial charge in [0.15, 0.2) is 11.6 Å². The zero-order valence-corrected chi connectivity index (χ0v) is 29.7. The highest BCUT2D eigenvalue weighted by atomic mass is 16.6. The van der Waals surface area contributed by atoms with Crippen LogP contribution in [0.15, 0.2) is 24.3 Å². The molecule has 4 heterocycles. The molecule has 2 N–H and O–H groups in total. The predicted octanol–water partition coefficient (Wildman–Crippen LogP) is 4.93. The van der Waals surface area contributed by atoms with Crippen LogP contribution >= 0.6 is 0 Å². The molecule has 10 heteroatoms. The zero-order chi connectivity index (χ0) is 34.8. The lowest BCUT2D eigenvalue weighted by Crippen LogP contribution is -2.44. The molecule has 0 aromatic carbocycles. The maximum Gasteiger partial charge on any atom is 0.223 e. The summed E-state index contributed by atoms with van der Waals surface area (Å²) >= 11 is 0. The lowest BCUT2D eigenvalue weighted by Gasteiger charge is -2.30. The molecule has 0 radical (unpaired) electrons. The molecule has 0 spiro atoms. The van der Waals surface area contributed by atoms with E-state index < -0.39 is 11.2 Å². The Bertz CT molecular complexity index is 1200. The largest absolute Gasteiger partial charge is 0.375 e. The molecule has 10 atom stereocenters. The van der Waals surface area contributed by atoms with Crippen LogP contribution in [0.5, 0.6) is 0 Å². The molecule has 6 fully saturated rings. The van der Waals surface area contributed by atoms with Crippen LogP contribution in [0.4, 0.5) is 0 Å². The van der Waals surface area contributed by atoms with E-state index in [4.69, 9.17) is 18.9 Å². The Morgan fingerprint density at radius 2 is 1.04 bits per heavy atom. The van der Waals surface area contributed by atoms with Crippen molar-refractivity contribution < 1.29 is 38.1 Å². The van der Waals surface area contributed by atoms with Gasteiger partial charge in [-0.2, -0.15) is 0 Å². The van der Waals surface area contributed by atoms with Gasteiger partial charge in [0.25, 0.3) is 0 Å². The molecule has 0 bridgehead atoms. The Kier molecular flexibility index (Phi) is 11.5. The summed E-state index contributed by atoms with van der Waals surface area (Å²) in [4.78, 5) is 52.0. The van der Waals surface area contributed by atoms with E-state index in [9.17, 15) is 19.2 Å². The number of ketones is 2. The van der Waals surface area contributed by atoms with E-state index in [1.807, 2.05) is 13.8 Å². The van der Waals surface area contributed by atoms with Crippen LogP contribution < -0.4 is 10.6 Å². The van der Waals surface area contributed by atoms with Gasteiger partial charge in [-0.25, -0.2) is 0 Å². The van der Waals surface area contributed by atoms with Crippen LogP contribution in [0.25, 0.3) is 0 Å². The summed E-state index contributed by atoms with van der Waals surface area (Å²) in [5, 5.41) is 6.37. The second kappa shape index (κ2) is 15.5. The van der Waals surface area contributed by atoms with E-state index >= 15 is 0 Å². The van der Waals surface area contributed by atoms with Gasteiger partial charge in [-0.3, -0.25) is 19.2 Å². The van der Waals surface area contributed by atoms with Gasteiger partial charge in [0, 0.05) is 62.8 Å². The number of ether oxygens (including phenoxy) is 4. The molecule has 2 amide bonds. The maximum absolute atomic E-state index is 13.4. The zero-order valence-electron chi connectivity index (χ0n) is 29.7. The fourth-order valence-electron chi connectivity index (χ4n) is 9.21. The number of carbonyl (C=O) groups is 4. The van der Waals surface area contributed by atoms with Crippen molar-refractivity contribution >= 4 is 23.4 Å². The summed E-state index contributed by atoms with van der Waals surface area (Å²) in [7, 11) is 0. The summed E-state index contributed by atoms with van der Waals surface area (Å²) in [6.07, 6.45) is 11.4. The number of hydrogen-bond acceptors (Lipinski definition) is 8. The van der Waals surface area contributed by atoms with E-state index in [-0.39, 0.29) is 71.5 Å². The molecule has 6 rings (SSSR count). The minimum atomic E-state index is -0.492. The lowest BCUT2D eigenvalue weighted by molar-refractivity contribution is -0.129. The van der Waals surface area contributed by atoms with Gasteiger partial charge < -0.3 is 29.6 Å². The summed E-state index contributed by atoms with van der Waals surface area (Å²) in [5.41, 5.74) is 0.210. The number of Topliss-reactive ketones (excluding diaryl/α,β-unsaturated/α-hetero) is 2. The second-order valence-corrected chi connectivity index (χ2v) is 15.9. The number of amides is 2. The van der Waals surface area contributed by atoms with Crippen molar-refractivity contribution in [2.45, 2.75) is 146 Å². The molecule has 0 aromatic heterocycles. The van der Waals surface area contributed by atoms with Crippen molar-refractivity contribution in [3.05, 3.63) is 24.3 Å². The Morgan fingerprint density at radius 1 is 0.653 bits per heavy atom. The van der Waals surface area contributed by atoms with Gasteiger partial charge in [0.2, 0.25) is 11.8 Å². The number of hydrogen-bond donors (Lipinski definition) is 2. The third-order valence-electron chi connectivity index (χ3n) is 12.6. The average Bonchev–Trinajstić information content (AvgIpc) is 3.65. The molecule has 6 aliphatic rings. The molecule has 0 unspecified atom stereocenters. The van der Waals surface area contributed by atoms with Crippen LogP contribution in [-0.2, 0) is 38.1 Å². The number of rotatable bonds is 12. The number of carbonyl (C=O) groups excluding carboxylic acids is 4. The van der Waals surface area contributed by atoms with E-state index in [0.717, 1.165) is 57.8 Å². The van der Waals surface area contributed by atoms with Crippen LogP contribution in [0.2, 0.25) is 0 Å². The highest BCUT2D eigenvalue weighted by molar-refractivity contribution is 5.96. The molecule has 0 aromatic rings. The fourth-order valence-corrected chi connectivity index (χ4v) is 9.21. The number of allylic oxidation sites excluding steroid dienone is 2. The summed E-state index contributed by atoms with van der Waals surface area (Å²) in [6, 6.07) is 0. The van der Waals surface area contributed by atoms with Crippen molar-refractivity contribution in [1.29, 1.82) is 0 Å². The molecule has 2 aliphatic carbocycles. The van der Waals surface area contributed by atoms with Crippen molar-refractivity contribution in [3.63, 3.8) is 0 Å². The minimum Gasteiger partial charge on any atom is -0.375 e. The van der Waals surface area contributed by atoms with Gasteiger partial charge >= 0.3 is 0 Å². The van der Waals surface area contributed by atoms with Gasteiger partial charge in [-0.15, -0.1) is 0 Å². The number of fused-ring (bicyclic) bond motifs is 6. The molecular formula is C39H58N2O8. The summed E-state index contributed by atoms with van der Waals surface area (Å²) < 4.78 is 24.2. The van der Waals surface area contributed by atoms with Crippen LogP contribution in [0.1, 0.15) is 110 Å². The van der Waals surface area contributed by atoms with E-state index in [0.29, 0.717) is 76.0 Å². The lowest BCUT2D eigenvalue weighted by atomic mass is 9.76. The van der Waals surface area contributed by atoms with Crippen LogP contribution in [-0.4, -0.2) is 85.3 Å². The first-order valence-corrected chi connectivity index (χ1v) is 19.1. The van der Waals surface area contributed by atoms with Crippen molar-refractivity contribution in [3.8, 4) is 0 Å². The second-order valence-electron chi connectivity index (χ2n) is 15.9. The molecule has 2 saturated carbocycles. The van der Waals surface area contributed by atoms with Gasteiger partial charge in [-0.05, 0) is 76.4 Å². The molecule has 4 saturated heterocycles. The SMILES string of the molecule is C=C1CC[C@H](C(=O)NCCCCCCCCCNC(=O)[C@H]2CCC(=C)C(=O)C[C@@H]3O[C@]3(C)[C@H]3OCC[C@@H]23)[C@@H]2CCO[C@@H]2[C@@]2(C)O[C@H]2CC1=O. The first kappa shape index (κ1) is 36.4. The Hall–Kier alpha value is -2.40. The standard InChI is InChI=1S/C39H58N2O8/c1-24-12-14-28(26-16-20-46-34(26)38(3)32(48-38)22-30(24)42)36(44)40-18-10-8-6-5-7-9-11-19-41-37(45)29-15-13-25(2)31(43)23-33-39(4,49-33)35-27(29)17-21-47-35/h26-29,32-35H,1-2,5-23H2,3-4H3,(H,40,44)(H,41,45)/t26-,27-,28-,29-,32-,33-,34-,35-,38-,39-/m0/s1. The van der Waals surface area contributed by atoms with Crippen molar-refractivity contribution in [2.24, 2.45) is 23.7 Å². The predicted molar refractivity (Wildman–Crippen MR) is 184 cm³/mol. The summed E-state index contributed by atoms with van der Waals surface area (Å²) in [6.45, 7) is 14.6. The molecule has 49 heavy (non-hydrogen) atoms. The number of epoxide rings is 2. The molecule has 10 nitrogen and oxygen atoms in total. The van der Waals surface area contributed by atoms with E-state index in [2.05, 4.69) is 23.8 Å². The fraction of sp³-hybridized carbons (Fsp3) is 0.795. The van der Waals surface area contributed by atoms with E-state index in [1.165, 1.54) is 0 Å². The third-order valence-corrected chi connectivity index (χ3v) is 12.6.